The number of rotatable bonds is 1. The lowest BCUT2D eigenvalue weighted by Crippen LogP contribution is -1.90. The van der Waals surface area contributed by atoms with Gasteiger partial charge in [-0.1, -0.05) is 30.3 Å². The lowest BCUT2D eigenvalue weighted by atomic mass is 9.99. The molecular weight excluding hydrogens is 306 g/mol. The van der Waals surface area contributed by atoms with E-state index in [2.05, 4.69) is 49.4 Å². The summed E-state index contributed by atoms with van der Waals surface area (Å²) in [7, 11) is 0. The largest absolute Gasteiger partial charge is 0.508 e. The minimum absolute atomic E-state index is 0. The standard InChI is InChI=1S/C20H15NO.ClH/c1-13-12-19(15-6-9-16(22)10-7-15)21-18-11-8-14-4-2-3-5-17(14)20(13)18;/h2-12,22H,1H3;1H. The van der Waals surface area contributed by atoms with Gasteiger partial charge in [0.15, 0.2) is 0 Å². The van der Waals surface area contributed by atoms with Crippen molar-refractivity contribution in [3.05, 3.63) is 72.3 Å². The van der Waals surface area contributed by atoms with E-state index in [9.17, 15) is 5.11 Å². The third-order valence-electron chi connectivity index (χ3n) is 4.06. The number of nitrogens with zero attached hydrogens (tertiary/aromatic N) is 1. The summed E-state index contributed by atoms with van der Waals surface area (Å²) >= 11 is 0. The number of hydrogen-bond donors (Lipinski definition) is 1. The van der Waals surface area contributed by atoms with Crippen LogP contribution in [0.25, 0.3) is 32.9 Å². The van der Waals surface area contributed by atoms with Crippen molar-refractivity contribution in [2.45, 2.75) is 6.92 Å². The van der Waals surface area contributed by atoms with Gasteiger partial charge in [0.2, 0.25) is 0 Å². The summed E-state index contributed by atoms with van der Waals surface area (Å²) in [6.07, 6.45) is 0. The Bertz CT molecular complexity index is 993. The van der Waals surface area contributed by atoms with Crippen LogP contribution in [0.4, 0.5) is 0 Å². The molecule has 4 aromatic rings. The van der Waals surface area contributed by atoms with Gasteiger partial charge in [0, 0.05) is 10.9 Å². The van der Waals surface area contributed by atoms with Crippen LogP contribution in [-0.4, -0.2) is 10.1 Å². The number of aromatic nitrogens is 1. The Labute approximate surface area is 140 Å². The molecule has 3 aromatic carbocycles. The SMILES string of the molecule is Cc1cc(-c2ccc(O)cc2)nc2ccc3ccccc3c12.Cl. The molecule has 0 atom stereocenters. The Kier molecular flexibility index (Phi) is 3.93. The summed E-state index contributed by atoms with van der Waals surface area (Å²) in [6, 6.07) is 21.9. The third-order valence-corrected chi connectivity index (χ3v) is 4.06. The van der Waals surface area contributed by atoms with Crippen molar-refractivity contribution in [1.29, 1.82) is 0 Å². The van der Waals surface area contributed by atoms with Crippen LogP contribution >= 0.6 is 12.4 Å². The molecule has 0 saturated heterocycles. The molecule has 0 bridgehead atoms. The average Bonchev–Trinajstić information content (AvgIpc) is 2.55. The number of halogens is 1. The second-order valence-corrected chi connectivity index (χ2v) is 5.55. The van der Waals surface area contributed by atoms with E-state index in [1.54, 1.807) is 12.1 Å². The van der Waals surface area contributed by atoms with Gasteiger partial charge >= 0.3 is 0 Å². The molecule has 0 spiro atoms. The predicted octanol–water partition coefficient (Wildman–Crippen LogP) is 5.49. The average molecular weight is 322 g/mol. The zero-order chi connectivity index (χ0) is 15.1. The number of phenolic OH excluding ortho intramolecular Hbond substituents is 1. The van der Waals surface area contributed by atoms with Crippen molar-refractivity contribution in [1.82, 2.24) is 4.98 Å². The van der Waals surface area contributed by atoms with Crippen LogP contribution in [0.1, 0.15) is 5.56 Å². The number of hydrogen-bond acceptors (Lipinski definition) is 2. The molecule has 4 rings (SSSR count). The molecule has 1 heterocycles. The Balaban J connectivity index is 0.00000156. The first-order valence-corrected chi connectivity index (χ1v) is 7.31. The molecule has 0 radical (unpaired) electrons. The summed E-state index contributed by atoms with van der Waals surface area (Å²) in [6.45, 7) is 2.13. The normalized spacial score (nSPS) is 10.7. The first-order valence-electron chi connectivity index (χ1n) is 7.31. The van der Waals surface area contributed by atoms with E-state index in [0.29, 0.717) is 0 Å². The Morgan fingerprint density at radius 3 is 2.39 bits per heavy atom. The lowest BCUT2D eigenvalue weighted by molar-refractivity contribution is 0.475. The van der Waals surface area contributed by atoms with Crippen LogP contribution in [0.3, 0.4) is 0 Å². The van der Waals surface area contributed by atoms with E-state index in [1.807, 2.05) is 12.1 Å². The van der Waals surface area contributed by atoms with Crippen LogP contribution in [0, 0.1) is 6.92 Å². The molecule has 2 nitrogen and oxygen atoms in total. The zero-order valence-electron chi connectivity index (χ0n) is 12.7. The van der Waals surface area contributed by atoms with Gasteiger partial charge in [-0.25, -0.2) is 4.98 Å². The number of aryl methyl sites for hydroxylation is 1. The Morgan fingerprint density at radius 1 is 0.870 bits per heavy atom. The molecule has 1 N–H and O–H groups in total. The molecule has 3 heteroatoms. The smallest absolute Gasteiger partial charge is 0.115 e. The van der Waals surface area contributed by atoms with Gasteiger partial charge in [0.1, 0.15) is 5.75 Å². The first-order chi connectivity index (χ1) is 10.7. The van der Waals surface area contributed by atoms with Crippen molar-refractivity contribution >= 4 is 34.1 Å². The Hall–Kier alpha value is -2.58. The van der Waals surface area contributed by atoms with Crippen molar-refractivity contribution in [3.63, 3.8) is 0 Å². The molecule has 0 unspecified atom stereocenters. The zero-order valence-corrected chi connectivity index (χ0v) is 13.5. The predicted molar refractivity (Wildman–Crippen MR) is 98.3 cm³/mol. The van der Waals surface area contributed by atoms with Crippen molar-refractivity contribution in [3.8, 4) is 17.0 Å². The fourth-order valence-electron chi connectivity index (χ4n) is 2.99. The number of fused-ring (bicyclic) bond motifs is 3. The fraction of sp³-hybridized carbons (Fsp3) is 0.0500. The molecule has 0 saturated carbocycles. The minimum atomic E-state index is 0. The van der Waals surface area contributed by atoms with Gasteiger partial charge in [-0.2, -0.15) is 0 Å². The number of phenols is 1. The second kappa shape index (κ2) is 5.90. The summed E-state index contributed by atoms with van der Waals surface area (Å²) < 4.78 is 0. The quantitative estimate of drug-likeness (QED) is 0.470. The monoisotopic (exact) mass is 321 g/mol. The number of pyridine rings is 1. The van der Waals surface area contributed by atoms with Crippen LogP contribution in [0.5, 0.6) is 5.75 Å². The van der Waals surface area contributed by atoms with E-state index in [-0.39, 0.29) is 18.2 Å². The second-order valence-electron chi connectivity index (χ2n) is 5.55. The molecule has 1 aromatic heterocycles. The summed E-state index contributed by atoms with van der Waals surface area (Å²) in [5.74, 6) is 0.271. The summed E-state index contributed by atoms with van der Waals surface area (Å²) in [5, 5.41) is 13.1. The van der Waals surface area contributed by atoms with Crippen LogP contribution in [-0.2, 0) is 0 Å². The summed E-state index contributed by atoms with van der Waals surface area (Å²) in [4.78, 5) is 4.80. The molecule has 23 heavy (non-hydrogen) atoms. The number of aromatic hydroxyl groups is 1. The minimum Gasteiger partial charge on any atom is -0.508 e. The fourth-order valence-corrected chi connectivity index (χ4v) is 2.99. The van der Waals surface area contributed by atoms with Gasteiger partial charge in [-0.05, 0) is 59.7 Å². The van der Waals surface area contributed by atoms with E-state index in [0.717, 1.165) is 16.8 Å². The van der Waals surface area contributed by atoms with Gasteiger partial charge < -0.3 is 5.11 Å². The van der Waals surface area contributed by atoms with Gasteiger partial charge in [-0.15, -0.1) is 12.4 Å². The van der Waals surface area contributed by atoms with E-state index in [4.69, 9.17) is 4.98 Å². The van der Waals surface area contributed by atoms with Crippen molar-refractivity contribution in [2.24, 2.45) is 0 Å². The summed E-state index contributed by atoms with van der Waals surface area (Å²) in [5.41, 5.74) is 4.16. The van der Waals surface area contributed by atoms with Crippen molar-refractivity contribution < 1.29 is 5.11 Å². The van der Waals surface area contributed by atoms with E-state index >= 15 is 0 Å². The molecule has 114 valence electrons. The maximum absolute atomic E-state index is 9.43. The topological polar surface area (TPSA) is 33.1 Å². The van der Waals surface area contributed by atoms with Gasteiger partial charge in [-0.3, -0.25) is 0 Å². The molecule has 0 aliphatic heterocycles. The highest BCUT2D eigenvalue weighted by molar-refractivity contribution is 6.08. The number of benzene rings is 3. The highest BCUT2D eigenvalue weighted by Crippen LogP contribution is 2.30. The van der Waals surface area contributed by atoms with Crippen LogP contribution in [0.15, 0.2) is 66.7 Å². The molecule has 0 aliphatic rings. The molecule has 0 aliphatic carbocycles. The van der Waals surface area contributed by atoms with E-state index in [1.165, 1.54) is 21.7 Å². The van der Waals surface area contributed by atoms with Gasteiger partial charge in [0.05, 0.1) is 11.2 Å². The molecule has 0 fully saturated rings. The maximum atomic E-state index is 9.43. The highest BCUT2D eigenvalue weighted by atomic mass is 35.5. The van der Waals surface area contributed by atoms with Crippen molar-refractivity contribution in [2.75, 3.05) is 0 Å². The third kappa shape index (κ3) is 2.62. The van der Waals surface area contributed by atoms with Crippen LogP contribution in [0.2, 0.25) is 0 Å². The van der Waals surface area contributed by atoms with E-state index < -0.39 is 0 Å². The maximum Gasteiger partial charge on any atom is 0.115 e. The Morgan fingerprint density at radius 2 is 1.61 bits per heavy atom. The first kappa shape index (κ1) is 15.3. The molecular formula is C20H16ClNO. The highest BCUT2D eigenvalue weighted by Gasteiger charge is 2.08. The van der Waals surface area contributed by atoms with Crippen LogP contribution < -0.4 is 0 Å². The van der Waals surface area contributed by atoms with Gasteiger partial charge in [0.25, 0.3) is 0 Å². The molecule has 0 amide bonds. The lowest BCUT2D eigenvalue weighted by Gasteiger charge is -2.09.